The molecule has 1 heterocycles. The Labute approximate surface area is 133 Å². The predicted molar refractivity (Wildman–Crippen MR) is 95.1 cm³/mol. The molecule has 0 saturated carbocycles. The third-order valence-electron chi connectivity index (χ3n) is 4.03. The molecule has 4 rings (SSSR count). The van der Waals surface area contributed by atoms with Crippen molar-refractivity contribution < 1.29 is 0 Å². The van der Waals surface area contributed by atoms with Gasteiger partial charge in [-0.1, -0.05) is 48.5 Å². The first-order chi connectivity index (χ1) is 11.2. The second-order valence-corrected chi connectivity index (χ2v) is 5.68. The van der Waals surface area contributed by atoms with E-state index in [1.54, 1.807) is 0 Å². The summed E-state index contributed by atoms with van der Waals surface area (Å²) in [6, 6.07) is 21.0. The fraction of sp³-hybridized carbons (Fsp3) is 0.0526. The van der Waals surface area contributed by atoms with Crippen molar-refractivity contribution in [1.82, 2.24) is 9.97 Å². The number of benzene rings is 3. The molecule has 0 bridgehead atoms. The lowest BCUT2D eigenvalue weighted by molar-refractivity contribution is 1.19. The summed E-state index contributed by atoms with van der Waals surface area (Å²) in [4.78, 5) is 8.25. The third kappa shape index (κ3) is 2.55. The van der Waals surface area contributed by atoms with Gasteiger partial charge in [-0.25, -0.2) is 4.98 Å². The van der Waals surface area contributed by atoms with Gasteiger partial charge in [0.25, 0.3) is 0 Å². The van der Waals surface area contributed by atoms with E-state index in [1.165, 1.54) is 21.9 Å². The summed E-state index contributed by atoms with van der Waals surface area (Å²) in [5.74, 6) is 0.630. The Balaban J connectivity index is 1.73. The number of rotatable bonds is 2. The Morgan fingerprint density at radius 1 is 0.739 bits per heavy atom. The summed E-state index contributed by atoms with van der Waals surface area (Å²) in [6.45, 7) is 0. The first-order valence-electron chi connectivity index (χ1n) is 7.48. The van der Waals surface area contributed by atoms with Crippen molar-refractivity contribution in [3.8, 4) is 0 Å². The number of nitrogens with two attached hydrogens (primary N) is 2. The minimum absolute atomic E-state index is 0.206. The summed E-state index contributed by atoms with van der Waals surface area (Å²) in [6.07, 6.45) is 0.838. The summed E-state index contributed by atoms with van der Waals surface area (Å²) in [7, 11) is 0. The summed E-state index contributed by atoms with van der Waals surface area (Å²) < 4.78 is 0. The van der Waals surface area contributed by atoms with Gasteiger partial charge in [0, 0.05) is 5.39 Å². The number of nitrogens with zero attached hydrogens (tertiary/aromatic N) is 2. The van der Waals surface area contributed by atoms with Crippen molar-refractivity contribution in [2.24, 2.45) is 0 Å². The molecule has 0 aliphatic rings. The molecule has 0 amide bonds. The van der Waals surface area contributed by atoms with Crippen LogP contribution in [0.5, 0.6) is 0 Å². The van der Waals surface area contributed by atoms with E-state index in [2.05, 4.69) is 58.5 Å². The highest BCUT2D eigenvalue weighted by Gasteiger charge is 2.05. The molecule has 112 valence electrons. The maximum absolute atomic E-state index is 5.96. The minimum atomic E-state index is 0.206. The van der Waals surface area contributed by atoms with Gasteiger partial charge in [-0.2, -0.15) is 4.98 Å². The molecular formula is C19H16N4. The van der Waals surface area contributed by atoms with Crippen LogP contribution in [0.2, 0.25) is 0 Å². The van der Waals surface area contributed by atoms with Gasteiger partial charge in [0.2, 0.25) is 5.95 Å². The Hall–Kier alpha value is -3.14. The second-order valence-electron chi connectivity index (χ2n) is 5.68. The van der Waals surface area contributed by atoms with Crippen LogP contribution in [0.15, 0.2) is 60.7 Å². The molecule has 0 unspecified atom stereocenters. The van der Waals surface area contributed by atoms with Crippen LogP contribution in [0.25, 0.3) is 21.7 Å². The Morgan fingerprint density at radius 3 is 2.35 bits per heavy atom. The molecule has 0 radical (unpaired) electrons. The average molecular weight is 300 g/mol. The van der Waals surface area contributed by atoms with Crippen LogP contribution in [-0.2, 0) is 6.42 Å². The van der Waals surface area contributed by atoms with Gasteiger partial charge in [-0.15, -0.1) is 0 Å². The van der Waals surface area contributed by atoms with Crippen LogP contribution in [-0.4, -0.2) is 9.97 Å². The Morgan fingerprint density at radius 2 is 1.48 bits per heavy atom. The topological polar surface area (TPSA) is 77.8 Å². The lowest BCUT2D eigenvalue weighted by atomic mass is 10.0. The number of hydrogen-bond donors (Lipinski definition) is 2. The van der Waals surface area contributed by atoms with Crippen molar-refractivity contribution in [1.29, 1.82) is 0 Å². The average Bonchev–Trinajstić information content (AvgIpc) is 2.55. The molecule has 4 N–H and O–H groups in total. The minimum Gasteiger partial charge on any atom is -0.383 e. The van der Waals surface area contributed by atoms with E-state index in [4.69, 9.17) is 11.5 Å². The Kier molecular flexibility index (Phi) is 3.08. The zero-order valence-electron chi connectivity index (χ0n) is 12.5. The van der Waals surface area contributed by atoms with E-state index in [9.17, 15) is 0 Å². The Bertz CT molecular complexity index is 1020. The maximum atomic E-state index is 5.96. The van der Waals surface area contributed by atoms with Crippen LogP contribution in [0, 0.1) is 0 Å². The van der Waals surface area contributed by atoms with Crippen LogP contribution in [0.4, 0.5) is 11.8 Å². The van der Waals surface area contributed by atoms with Gasteiger partial charge >= 0.3 is 0 Å². The summed E-state index contributed by atoms with van der Waals surface area (Å²) >= 11 is 0. The summed E-state index contributed by atoms with van der Waals surface area (Å²) in [5.41, 5.74) is 14.8. The lowest BCUT2D eigenvalue weighted by Crippen LogP contribution is -2.01. The molecule has 1 aromatic heterocycles. The molecule has 23 heavy (non-hydrogen) atoms. The van der Waals surface area contributed by atoms with Gasteiger partial charge in [-0.05, 0) is 40.5 Å². The van der Waals surface area contributed by atoms with Crippen molar-refractivity contribution >= 4 is 33.4 Å². The van der Waals surface area contributed by atoms with Gasteiger partial charge in [0.05, 0.1) is 5.52 Å². The predicted octanol–water partition coefficient (Wildman–Crippen LogP) is 3.54. The van der Waals surface area contributed by atoms with Gasteiger partial charge in [0.1, 0.15) is 5.82 Å². The van der Waals surface area contributed by atoms with Crippen LogP contribution in [0.1, 0.15) is 11.1 Å². The van der Waals surface area contributed by atoms with Crippen LogP contribution < -0.4 is 11.5 Å². The largest absolute Gasteiger partial charge is 0.383 e. The van der Waals surface area contributed by atoms with E-state index in [0.717, 1.165) is 17.3 Å². The number of hydrogen-bond acceptors (Lipinski definition) is 4. The summed E-state index contributed by atoms with van der Waals surface area (Å²) in [5, 5.41) is 3.35. The maximum Gasteiger partial charge on any atom is 0.222 e. The molecule has 4 aromatic rings. The van der Waals surface area contributed by atoms with Gasteiger partial charge < -0.3 is 11.5 Å². The number of anilines is 2. The second kappa shape index (κ2) is 5.25. The highest BCUT2D eigenvalue weighted by atomic mass is 15.0. The van der Waals surface area contributed by atoms with E-state index in [1.807, 2.05) is 12.1 Å². The normalized spacial score (nSPS) is 11.1. The van der Waals surface area contributed by atoms with Gasteiger partial charge in [-0.3, -0.25) is 0 Å². The first-order valence-corrected chi connectivity index (χ1v) is 7.48. The molecule has 4 nitrogen and oxygen atoms in total. The highest BCUT2D eigenvalue weighted by molar-refractivity contribution is 5.89. The molecule has 4 heteroatoms. The quantitative estimate of drug-likeness (QED) is 0.593. The molecule has 3 aromatic carbocycles. The van der Waals surface area contributed by atoms with E-state index in [0.29, 0.717) is 5.82 Å². The van der Waals surface area contributed by atoms with Crippen molar-refractivity contribution in [2.75, 3.05) is 11.5 Å². The number of fused-ring (bicyclic) bond motifs is 2. The standard InChI is InChI=1S/C19H16N4/c20-18-16-11-13(6-8-17(16)22-19(21)23-18)9-12-5-7-14-3-1-2-4-15(14)10-12/h1-8,10-11H,9H2,(H4,20,21,22,23). The van der Waals surface area contributed by atoms with Gasteiger partial charge in [0.15, 0.2) is 0 Å². The molecule has 0 aliphatic heterocycles. The highest BCUT2D eigenvalue weighted by Crippen LogP contribution is 2.23. The zero-order chi connectivity index (χ0) is 15.8. The van der Waals surface area contributed by atoms with E-state index >= 15 is 0 Å². The monoisotopic (exact) mass is 300 g/mol. The van der Waals surface area contributed by atoms with Crippen molar-refractivity contribution in [3.63, 3.8) is 0 Å². The fourth-order valence-electron chi connectivity index (χ4n) is 2.91. The number of aromatic nitrogens is 2. The van der Waals surface area contributed by atoms with Crippen LogP contribution >= 0.6 is 0 Å². The lowest BCUT2D eigenvalue weighted by Gasteiger charge is -2.07. The third-order valence-corrected chi connectivity index (χ3v) is 4.03. The fourth-order valence-corrected chi connectivity index (χ4v) is 2.91. The van der Waals surface area contributed by atoms with Crippen molar-refractivity contribution in [3.05, 3.63) is 71.8 Å². The molecule has 0 aliphatic carbocycles. The van der Waals surface area contributed by atoms with E-state index in [-0.39, 0.29) is 5.95 Å². The number of nitrogen functional groups attached to an aromatic ring is 2. The van der Waals surface area contributed by atoms with E-state index < -0.39 is 0 Å². The van der Waals surface area contributed by atoms with Crippen molar-refractivity contribution in [2.45, 2.75) is 6.42 Å². The molecule has 0 fully saturated rings. The first kappa shape index (κ1) is 13.5. The molecule has 0 saturated heterocycles. The smallest absolute Gasteiger partial charge is 0.222 e. The SMILES string of the molecule is Nc1nc(N)c2cc(Cc3ccc4ccccc4c3)ccc2n1. The molecule has 0 atom stereocenters. The molecule has 0 spiro atoms. The van der Waals surface area contributed by atoms with Crippen LogP contribution in [0.3, 0.4) is 0 Å². The molecular weight excluding hydrogens is 284 g/mol. The zero-order valence-corrected chi connectivity index (χ0v) is 12.5.